The van der Waals surface area contributed by atoms with E-state index in [9.17, 15) is 9.90 Å². The summed E-state index contributed by atoms with van der Waals surface area (Å²) in [6, 6.07) is 18.0. The van der Waals surface area contributed by atoms with Crippen molar-refractivity contribution in [2.24, 2.45) is 0 Å². The highest BCUT2D eigenvalue weighted by molar-refractivity contribution is 5.84. The number of hydrogen-bond acceptors (Lipinski definition) is 5. The summed E-state index contributed by atoms with van der Waals surface area (Å²) in [5.74, 6) is 0.538. The van der Waals surface area contributed by atoms with Crippen LogP contribution in [0.1, 0.15) is 24.8 Å². The highest BCUT2D eigenvalue weighted by Gasteiger charge is 2.41. The minimum absolute atomic E-state index is 0.0334. The van der Waals surface area contributed by atoms with Gasteiger partial charge in [-0.3, -0.25) is 4.79 Å². The molecule has 2 aliphatic rings. The normalized spacial score (nSPS) is 19.1. The lowest BCUT2D eigenvalue weighted by molar-refractivity contribution is -0.132. The molecular formula is C24H26N4O3. The lowest BCUT2D eigenvalue weighted by Gasteiger charge is -2.43. The van der Waals surface area contributed by atoms with Crippen LogP contribution in [0.4, 0.5) is 5.69 Å². The highest BCUT2D eigenvalue weighted by Crippen LogP contribution is 2.35. The van der Waals surface area contributed by atoms with Crippen molar-refractivity contribution >= 4 is 11.6 Å². The maximum Gasteiger partial charge on any atom is 0.263 e. The number of carbonyl (C=O) groups excluding carboxylic acids is 1. The zero-order chi connectivity index (χ0) is 21.3. The maximum absolute atomic E-state index is 13.0. The van der Waals surface area contributed by atoms with Gasteiger partial charge in [0.05, 0.1) is 30.1 Å². The second-order valence-corrected chi connectivity index (χ2v) is 8.35. The number of aromatic nitrogens is 2. The third-order valence-electron chi connectivity index (χ3n) is 6.23. The summed E-state index contributed by atoms with van der Waals surface area (Å²) in [5.41, 5.74) is 2.63. The van der Waals surface area contributed by atoms with Crippen molar-refractivity contribution in [1.82, 2.24) is 15.1 Å². The Bertz CT molecular complexity index is 1040. The molecule has 1 aliphatic heterocycles. The third kappa shape index (κ3) is 3.88. The van der Waals surface area contributed by atoms with Gasteiger partial charge in [-0.05, 0) is 55.2 Å². The van der Waals surface area contributed by atoms with Gasteiger partial charge in [0.1, 0.15) is 5.75 Å². The molecule has 3 aromatic rings. The van der Waals surface area contributed by atoms with Crippen LogP contribution in [0.5, 0.6) is 5.75 Å². The van der Waals surface area contributed by atoms with Crippen molar-refractivity contribution in [2.75, 3.05) is 18.1 Å². The molecule has 7 nitrogen and oxygen atoms in total. The number of hydrogen-bond donors (Lipinski definition) is 2. The van der Waals surface area contributed by atoms with E-state index < -0.39 is 11.6 Å². The summed E-state index contributed by atoms with van der Waals surface area (Å²) in [5, 5.41) is 17.0. The number of nitrogens with zero attached hydrogens (tertiary/aromatic N) is 3. The molecule has 1 saturated carbocycles. The van der Waals surface area contributed by atoms with Gasteiger partial charge >= 0.3 is 0 Å². The molecule has 0 radical (unpaired) electrons. The van der Waals surface area contributed by atoms with E-state index in [1.54, 1.807) is 6.20 Å². The van der Waals surface area contributed by atoms with E-state index in [0.717, 1.165) is 36.2 Å². The zero-order valence-corrected chi connectivity index (χ0v) is 17.3. The topological polar surface area (TPSA) is 79.6 Å². The van der Waals surface area contributed by atoms with E-state index in [-0.39, 0.29) is 12.5 Å². The van der Waals surface area contributed by atoms with Crippen LogP contribution in [-0.4, -0.2) is 45.6 Å². The van der Waals surface area contributed by atoms with Gasteiger partial charge in [0, 0.05) is 18.9 Å². The molecule has 1 amide bonds. The van der Waals surface area contributed by atoms with E-state index >= 15 is 0 Å². The fourth-order valence-electron chi connectivity index (χ4n) is 4.26. The molecular weight excluding hydrogens is 392 g/mol. The lowest BCUT2D eigenvalue weighted by atomic mass is 9.77. The van der Waals surface area contributed by atoms with Gasteiger partial charge in [-0.25, -0.2) is 4.68 Å². The second kappa shape index (κ2) is 8.07. The van der Waals surface area contributed by atoms with Crippen LogP contribution in [-0.2, 0) is 11.3 Å². The van der Waals surface area contributed by atoms with Gasteiger partial charge in [0.15, 0.2) is 6.10 Å². The average molecular weight is 418 g/mol. The monoisotopic (exact) mass is 418 g/mol. The van der Waals surface area contributed by atoms with Gasteiger partial charge in [0.25, 0.3) is 5.91 Å². The van der Waals surface area contributed by atoms with E-state index in [2.05, 4.69) is 27.4 Å². The van der Waals surface area contributed by atoms with Crippen LogP contribution in [0.25, 0.3) is 5.69 Å². The van der Waals surface area contributed by atoms with Gasteiger partial charge in [-0.2, -0.15) is 5.10 Å². The Hall–Kier alpha value is -3.32. The first kappa shape index (κ1) is 19.6. The number of aliphatic hydroxyl groups is 1. The number of para-hydroxylation sites is 2. The molecule has 2 N–H and O–H groups in total. The Morgan fingerprint density at radius 2 is 1.97 bits per heavy atom. The molecule has 160 valence electrons. The predicted molar refractivity (Wildman–Crippen MR) is 117 cm³/mol. The summed E-state index contributed by atoms with van der Waals surface area (Å²) in [6.07, 6.45) is 5.69. The molecule has 0 spiro atoms. The summed E-state index contributed by atoms with van der Waals surface area (Å²) >= 11 is 0. The van der Waals surface area contributed by atoms with Crippen LogP contribution in [0.2, 0.25) is 0 Å². The largest absolute Gasteiger partial charge is 0.477 e. The lowest BCUT2D eigenvalue weighted by Crippen LogP contribution is -2.60. The Morgan fingerprint density at radius 3 is 2.65 bits per heavy atom. The number of fused-ring (bicyclic) bond motifs is 1. The zero-order valence-electron chi connectivity index (χ0n) is 17.3. The van der Waals surface area contributed by atoms with Gasteiger partial charge in [0.2, 0.25) is 0 Å². The molecule has 1 aliphatic carbocycles. The molecule has 1 unspecified atom stereocenters. The first-order chi connectivity index (χ1) is 15.2. The maximum atomic E-state index is 13.0. The standard InChI is InChI=1S/C24H26N4O3/c29-17-24(11-3-12-24)26-23(30)22-16-27(20-5-1-2-6-21(20)31-22)15-18-7-9-19(10-8-18)28-14-4-13-25-28/h1-2,4-10,13-14,22,29H,3,11-12,15-17H2,(H,26,30). The van der Waals surface area contributed by atoms with Gasteiger partial charge in [-0.15, -0.1) is 0 Å². The molecule has 2 aromatic carbocycles. The highest BCUT2D eigenvalue weighted by atomic mass is 16.5. The predicted octanol–water partition coefficient (Wildman–Crippen LogP) is 2.67. The van der Waals surface area contributed by atoms with E-state index in [0.29, 0.717) is 18.8 Å². The van der Waals surface area contributed by atoms with Crippen molar-refractivity contribution in [3.63, 3.8) is 0 Å². The molecule has 5 rings (SSSR count). The van der Waals surface area contributed by atoms with Crippen molar-refractivity contribution in [1.29, 1.82) is 0 Å². The molecule has 1 aromatic heterocycles. The van der Waals surface area contributed by atoms with E-state index in [1.165, 1.54) is 0 Å². The molecule has 2 heterocycles. The summed E-state index contributed by atoms with van der Waals surface area (Å²) in [7, 11) is 0. The van der Waals surface area contributed by atoms with Crippen LogP contribution in [0.3, 0.4) is 0 Å². The SMILES string of the molecule is O=C(NC1(CO)CCC1)C1CN(Cc2ccc(-n3cccn3)cc2)c2ccccc2O1. The van der Waals surface area contributed by atoms with Crippen LogP contribution in [0, 0.1) is 0 Å². The Labute approximate surface area is 181 Å². The number of aliphatic hydroxyl groups excluding tert-OH is 1. The molecule has 7 heteroatoms. The fourth-order valence-corrected chi connectivity index (χ4v) is 4.26. The molecule has 0 bridgehead atoms. The summed E-state index contributed by atoms with van der Waals surface area (Å²) < 4.78 is 7.87. The molecule has 1 fully saturated rings. The number of nitrogens with one attached hydrogen (secondary N) is 1. The Balaban J connectivity index is 1.34. The number of ether oxygens (including phenoxy) is 1. The molecule has 0 saturated heterocycles. The first-order valence-corrected chi connectivity index (χ1v) is 10.7. The van der Waals surface area contributed by atoms with Crippen LogP contribution < -0.4 is 15.0 Å². The Kier molecular flexibility index (Phi) is 5.11. The summed E-state index contributed by atoms with van der Waals surface area (Å²) in [4.78, 5) is 15.1. The summed E-state index contributed by atoms with van der Waals surface area (Å²) in [6.45, 7) is 1.08. The van der Waals surface area contributed by atoms with Crippen LogP contribution >= 0.6 is 0 Å². The average Bonchev–Trinajstić information content (AvgIpc) is 3.31. The number of amides is 1. The van der Waals surface area contributed by atoms with Crippen molar-refractivity contribution in [3.8, 4) is 11.4 Å². The van der Waals surface area contributed by atoms with E-state index in [4.69, 9.17) is 4.74 Å². The molecule has 1 atom stereocenters. The van der Waals surface area contributed by atoms with Crippen molar-refractivity contribution < 1.29 is 14.6 Å². The van der Waals surface area contributed by atoms with Gasteiger partial charge < -0.3 is 20.1 Å². The van der Waals surface area contributed by atoms with Crippen molar-refractivity contribution in [3.05, 3.63) is 72.6 Å². The molecule has 31 heavy (non-hydrogen) atoms. The van der Waals surface area contributed by atoms with E-state index in [1.807, 2.05) is 53.3 Å². The Morgan fingerprint density at radius 1 is 1.16 bits per heavy atom. The third-order valence-corrected chi connectivity index (χ3v) is 6.23. The minimum atomic E-state index is -0.623. The minimum Gasteiger partial charge on any atom is -0.477 e. The first-order valence-electron chi connectivity index (χ1n) is 10.7. The number of carbonyl (C=O) groups is 1. The number of benzene rings is 2. The van der Waals surface area contributed by atoms with Crippen molar-refractivity contribution in [2.45, 2.75) is 37.5 Å². The second-order valence-electron chi connectivity index (χ2n) is 8.35. The number of anilines is 1. The fraction of sp³-hybridized carbons (Fsp3) is 0.333. The smallest absolute Gasteiger partial charge is 0.263 e. The quantitative estimate of drug-likeness (QED) is 0.644. The number of rotatable bonds is 6. The van der Waals surface area contributed by atoms with Crippen LogP contribution in [0.15, 0.2) is 67.0 Å². The van der Waals surface area contributed by atoms with Gasteiger partial charge in [-0.1, -0.05) is 24.3 Å².